The molecule has 0 radical (unpaired) electrons. The number of hydrogen-bond donors (Lipinski definition) is 2. The van der Waals surface area contributed by atoms with Crippen LogP contribution in [-0.2, 0) is 0 Å². The van der Waals surface area contributed by atoms with Crippen molar-refractivity contribution in [2.45, 2.75) is 26.2 Å². The summed E-state index contributed by atoms with van der Waals surface area (Å²) in [4.78, 5) is 2.20. The lowest BCUT2D eigenvalue weighted by Gasteiger charge is -2.23. The van der Waals surface area contributed by atoms with Crippen LogP contribution in [0.15, 0.2) is 18.2 Å². The molecule has 3 nitrogen and oxygen atoms in total. The second-order valence-electron chi connectivity index (χ2n) is 4.22. The van der Waals surface area contributed by atoms with E-state index in [9.17, 15) is 0 Å². The van der Waals surface area contributed by atoms with Gasteiger partial charge in [0, 0.05) is 20.2 Å². The van der Waals surface area contributed by atoms with Gasteiger partial charge in [0.05, 0.1) is 11.4 Å². The van der Waals surface area contributed by atoms with Crippen molar-refractivity contribution in [3.63, 3.8) is 0 Å². The maximum Gasteiger partial charge on any atom is 0.0626 e. The predicted molar refractivity (Wildman–Crippen MR) is 69.8 cm³/mol. The third-order valence-electron chi connectivity index (χ3n) is 2.80. The third kappa shape index (κ3) is 3.42. The monoisotopic (exact) mass is 222 g/mol. The molecule has 16 heavy (non-hydrogen) atoms. The molecule has 0 aromatic heterocycles. The minimum atomic E-state index is 0.288. The zero-order valence-corrected chi connectivity index (χ0v) is 10.2. The number of para-hydroxylation sites is 1. The molecule has 3 N–H and O–H groups in total. The molecule has 90 valence electrons. The second-order valence-corrected chi connectivity index (χ2v) is 4.22. The van der Waals surface area contributed by atoms with E-state index in [-0.39, 0.29) is 6.61 Å². The summed E-state index contributed by atoms with van der Waals surface area (Å²) >= 11 is 0. The highest BCUT2D eigenvalue weighted by Crippen LogP contribution is 2.26. The van der Waals surface area contributed by atoms with Crippen LogP contribution in [0.25, 0.3) is 0 Å². The van der Waals surface area contributed by atoms with Gasteiger partial charge in [-0.05, 0) is 37.8 Å². The fourth-order valence-corrected chi connectivity index (χ4v) is 1.95. The van der Waals surface area contributed by atoms with E-state index >= 15 is 0 Å². The van der Waals surface area contributed by atoms with Crippen LogP contribution in [0.3, 0.4) is 0 Å². The summed E-state index contributed by atoms with van der Waals surface area (Å²) in [6.45, 7) is 3.35. The summed E-state index contributed by atoms with van der Waals surface area (Å²) in [5.41, 5.74) is 9.15. The molecule has 3 heteroatoms. The number of nitrogens with two attached hydrogens (primary N) is 1. The van der Waals surface area contributed by atoms with Gasteiger partial charge >= 0.3 is 0 Å². The zero-order valence-electron chi connectivity index (χ0n) is 10.2. The number of anilines is 2. The van der Waals surface area contributed by atoms with Crippen molar-refractivity contribution < 1.29 is 5.11 Å². The van der Waals surface area contributed by atoms with Gasteiger partial charge in [-0.3, -0.25) is 0 Å². The zero-order chi connectivity index (χ0) is 12.0. The van der Waals surface area contributed by atoms with Gasteiger partial charge < -0.3 is 15.7 Å². The van der Waals surface area contributed by atoms with Gasteiger partial charge in [0.25, 0.3) is 0 Å². The van der Waals surface area contributed by atoms with Crippen LogP contribution in [0.5, 0.6) is 0 Å². The van der Waals surface area contributed by atoms with Crippen molar-refractivity contribution >= 4 is 11.4 Å². The Balaban J connectivity index is 2.55. The first-order valence-electron chi connectivity index (χ1n) is 5.84. The van der Waals surface area contributed by atoms with Crippen molar-refractivity contribution in [1.82, 2.24) is 0 Å². The highest BCUT2D eigenvalue weighted by atomic mass is 16.2. The van der Waals surface area contributed by atoms with Crippen LogP contribution in [0, 0.1) is 6.92 Å². The van der Waals surface area contributed by atoms with Gasteiger partial charge in [-0.1, -0.05) is 12.1 Å². The SMILES string of the molecule is Cc1cccc(N)c1N(C)CCCCCO. The van der Waals surface area contributed by atoms with Crippen LogP contribution in [-0.4, -0.2) is 25.3 Å². The van der Waals surface area contributed by atoms with Crippen molar-refractivity contribution in [3.8, 4) is 0 Å². The van der Waals surface area contributed by atoms with Gasteiger partial charge in [0.15, 0.2) is 0 Å². The average Bonchev–Trinajstić information content (AvgIpc) is 2.24. The normalized spacial score (nSPS) is 10.4. The molecule has 0 unspecified atom stereocenters. The van der Waals surface area contributed by atoms with Crippen molar-refractivity contribution in [2.75, 3.05) is 30.8 Å². The molecule has 0 amide bonds. The Labute approximate surface area is 97.9 Å². The molecule has 0 bridgehead atoms. The Morgan fingerprint density at radius 1 is 1.25 bits per heavy atom. The van der Waals surface area contributed by atoms with Crippen LogP contribution >= 0.6 is 0 Å². The third-order valence-corrected chi connectivity index (χ3v) is 2.80. The molecule has 0 spiro atoms. The van der Waals surface area contributed by atoms with Crippen LogP contribution < -0.4 is 10.6 Å². The number of aryl methyl sites for hydroxylation is 1. The van der Waals surface area contributed by atoms with E-state index in [0.717, 1.165) is 37.2 Å². The fraction of sp³-hybridized carbons (Fsp3) is 0.538. The minimum absolute atomic E-state index is 0.288. The molecule has 0 saturated heterocycles. The Morgan fingerprint density at radius 2 is 2.00 bits per heavy atom. The van der Waals surface area contributed by atoms with E-state index < -0.39 is 0 Å². The molecular formula is C13H22N2O. The lowest BCUT2D eigenvalue weighted by molar-refractivity contribution is 0.283. The second kappa shape index (κ2) is 6.38. The number of nitrogens with zero attached hydrogens (tertiary/aromatic N) is 1. The Hall–Kier alpha value is -1.22. The Morgan fingerprint density at radius 3 is 2.62 bits per heavy atom. The number of aliphatic hydroxyl groups excluding tert-OH is 1. The molecular weight excluding hydrogens is 200 g/mol. The molecule has 1 aromatic carbocycles. The van der Waals surface area contributed by atoms with Crippen molar-refractivity contribution in [3.05, 3.63) is 23.8 Å². The van der Waals surface area contributed by atoms with Gasteiger partial charge in [-0.15, -0.1) is 0 Å². The number of rotatable bonds is 6. The largest absolute Gasteiger partial charge is 0.397 e. The molecule has 0 aliphatic heterocycles. The molecule has 0 aliphatic rings. The number of unbranched alkanes of at least 4 members (excludes halogenated alkanes) is 2. The summed E-state index contributed by atoms with van der Waals surface area (Å²) in [6.07, 6.45) is 3.04. The minimum Gasteiger partial charge on any atom is -0.397 e. The maximum absolute atomic E-state index is 8.70. The van der Waals surface area contributed by atoms with Crippen molar-refractivity contribution in [1.29, 1.82) is 0 Å². The lowest BCUT2D eigenvalue weighted by atomic mass is 10.1. The average molecular weight is 222 g/mol. The summed E-state index contributed by atoms with van der Waals surface area (Å²) < 4.78 is 0. The fourth-order valence-electron chi connectivity index (χ4n) is 1.95. The molecule has 0 heterocycles. The van der Waals surface area contributed by atoms with Crippen LogP contribution in [0.2, 0.25) is 0 Å². The van der Waals surface area contributed by atoms with E-state index in [2.05, 4.69) is 24.9 Å². The van der Waals surface area contributed by atoms with E-state index in [1.54, 1.807) is 0 Å². The smallest absolute Gasteiger partial charge is 0.0626 e. The standard InChI is InChI=1S/C13H22N2O/c1-11-7-6-8-12(14)13(11)15(2)9-4-3-5-10-16/h6-8,16H,3-5,9-10,14H2,1-2H3. The number of hydrogen-bond acceptors (Lipinski definition) is 3. The highest BCUT2D eigenvalue weighted by Gasteiger charge is 2.07. The van der Waals surface area contributed by atoms with Gasteiger partial charge in [0.2, 0.25) is 0 Å². The molecule has 1 rings (SSSR count). The summed E-state index contributed by atoms with van der Waals surface area (Å²) in [5, 5.41) is 8.70. The van der Waals surface area contributed by atoms with Gasteiger partial charge in [-0.25, -0.2) is 0 Å². The number of nitrogen functional groups attached to an aromatic ring is 1. The van der Waals surface area contributed by atoms with Crippen LogP contribution in [0.1, 0.15) is 24.8 Å². The van der Waals surface area contributed by atoms with E-state index in [0.29, 0.717) is 0 Å². The topological polar surface area (TPSA) is 49.5 Å². The van der Waals surface area contributed by atoms with E-state index in [4.69, 9.17) is 10.8 Å². The summed E-state index contributed by atoms with van der Waals surface area (Å²) in [5.74, 6) is 0. The lowest BCUT2D eigenvalue weighted by Crippen LogP contribution is -2.20. The summed E-state index contributed by atoms with van der Waals surface area (Å²) in [7, 11) is 2.07. The van der Waals surface area contributed by atoms with Gasteiger partial charge in [0.1, 0.15) is 0 Å². The maximum atomic E-state index is 8.70. The first kappa shape index (κ1) is 12.8. The Bertz CT molecular complexity index is 305. The Kier molecular flexibility index (Phi) is 5.12. The number of aliphatic hydroxyl groups is 1. The highest BCUT2D eigenvalue weighted by molar-refractivity contribution is 5.70. The molecule has 0 atom stereocenters. The van der Waals surface area contributed by atoms with Crippen molar-refractivity contribution in [2.24, 2.45) is 0 Å². The van der Waals surface area contributed by atoms with E-state index in [1.807, 2.05) is 12.1 Å². The van der Waals surface area contributed by atoms with Gasteiger partial charge in [-0.2, -0.15) is 0 Å². The molecule has 0 saturated carbocycles. The first-order valence-corrected chi connectivity index (χ1v) is 5.84. The van der Waals surface area contributed by atoms with E-state index in [1.165, 1.54) is 5.56 Å². The number of benzene rings is 1. The first-order chi connectivity index (χ1) is 7.66. The quantitative estimate of drug-likeness (QED) is 0.573. The summed E-state index contributed by atoms with van der Waals surface area (Å²) in [6, 6.07) is 6.00. The predicted octanol–water partition coefficient (Wildman–Crippen LogP) is 2.18. The molecule has 0 fully saturated rings. The molecule has 1 aromatic rings. The van der Waals surface area contributed by atoms with Crippen LogP contribution in [0.4, 0.5) is 11.4 Å². The molecule has 0 aliphatic carbocycles.